The average Bonchev–Trinajstić information content (AvgIpc) is 2.08. The number of hydrogen-bond donors (Lipinski definition) is 0. The van der Waals surface area contributed by atoms with Crippen molar-refractivity contribution in [1.29, 1.82) is 0 Å². The highest BCUT2D eigenvalue weighted by atomic mass is 16.5. The van der Waals surface area contributed by atoms with Gasteiger partial charge in [0.1, 0.15) is 6.54 Å². The minimum absolute atomic E-state index is 0.0178. The van der Waals surface area contributed by atoms with Crippen LogP contribution in [0, 0.1) is 0 Å². The van der Waals surface area contributed by atoms with E-state index < -0.39 is 0 Å². The number of ether oxygens (including phenoxy) is 1. The molecule has 0 unspecified atom stereocenters. The lowest BCUT2D eigenvalue weighted by atomic mass is 10.4. The summed E-state index contributed by atoms with van der Waals surface area (Å²) in [5.41, 5.74) is -0.309. The van der Waals surface area contributed by atoms with Gasteiger partial charge in [0.25, 0.3) is 5.56 Å². The first-order chi connectivity index (χ1) is 6.13. The Hall–Kier alpha value is -1.65. The zero-order valence-electron chi connectivity index (χ0n) is 7.48. The predicted octanol–water partition coefficient (Wildman–Crippen LogP) is -0.159. The summed E-state index contributed by atoms with van der Waals surface area (Å²) in [6.45, 7) is 1.38. The number of hydrogen-bond acceptors (Lipinski definition) is 4. The molecule has 5 heteroatoms. The number of carbonyl (C=O) groups excluding carboxylic acids is 1. The fraction of sp³-hybridized carbons (Fsp3) is 0.375. The van der Waals surface area contributed by atoms with Gasteiger partial charge in [-0.2, -0.15) is 0 Å². The highest BCUT2D eigenvalue weighted by Gasteiger charge is 2.02. The molecule has 0 aliphatic rings. The third kappa shape index (κ3) is 2.40. The Balaban J connectivity index is 3.04. The van der Waals surface area contributed by atoms with Crippen molar-refractivity contribution in [2.45, 2.75) is 13.5 Å². The maximum Gasteiger partial charge on any atom is 0.267 e. The van der Waals surface area contributed by atoms with Crippen LogP contribution in [0.4, 0.5) is 0 Å². The fourth-order valence-corrected chi connectivity index (χ4v) is 0.863. The first kappa shape index (κ1) is 9.44. The molecule has 70 valence electrons. The molecule has 0 aliphatic carbocycles. The van der Waals surface area contributed by atoms with Crippen LogP contribution in [-0.4, -0.2) is 22.7 Å². The Morgan fingerprint density at radius 2 is 2.31 bits per heavy atom. The summed E-state index contributed by atoms with van der Waals surface area (Å²) in [7, 11) is 1.45. The van der Waals surface area contributed by atoms with Gasteiger partial charge in [0.05, 0.1) is 7.11 Å². The zero-order valence-corrected chi connectivity index (χ0v) is 7.48. The van der Waals surface area contributed by atoms with Crippen molar-refractivity contribution in [3.8, 4) is 5.88 Å². The molecular formula is C8H10N2O3. The second kappa shape index (κ2) is 3.84. The molecule has 0 spiro atoms. The lowest BCUT2D eigenvalue weighted by Crippen LogP contribution is -2.25. The molecule has 1 aromatic heterocycles. The SMILES string of the molecule is COc1ccc(=O)n(CC(C)=O)n1. The standard InChI is InChI=1S/C8H10N2O3/c1-6(11)5-10-8(12)4-3-7(9-10)13-2/h3-4H,5H2,1-2H3. The number of carbonyl (C=O) groups is 1. The molecule has 1 aromatic rings. The van der Waals surface area contributed by atoms with E-state index in [1.54, 1.807) is 0 Å². The van der Waals surface area contributed by atoms with E-state index in [0.717, 1.165) is 4.68 Å². The lowest BCUT2D eigenvalue weighted by molar-refractivity contribution is -0.117. The van der Waals surface area contributed by atoms with E-state index in [-0.39, 0.29) is 17.9 Å². The first-order valence-electron chi connectivity index (χ1n) is 3.75. The number of aromatic nitrogens is 2. The second-order valence-corrected chi connectivity index (χ2v) is 2.57. The zero-order chi connectivity index (χ0) is 9.84. The maximum absolute atomic E-state index is 11.1. The summed E-state index contributed by atoms with van der Waals surface area (Å²) in [6, 6.07) is 2.77. The highest BCUT2D eigenvalue weighted by molar-refractivity contribution is 5.75. The molecule has 13 heavy (non-hydrogen) atoms. The lowest BCUT2D eigenvalue weighted by Gasteiger charge is -2.02. The van der Waals surface area contributed by atoms with Gasteiger partial charge in [-0.25, -0.2) is 4.68 Å². The largest absolute Gasteiger partial charge is 0.480 e. The van der Waals surface area contributed by atoms with Gasteiger partial charge in [-0.1, -0.05) is 0 Å². The minimum atomic E-state index is -0.309. The van der Waals surface area contributed by atoms with E-state index in [4.69, 9.17) is 4.74 Å². The molecule has 0 radical (unpaired) electrons. The van der Waals surface area contributed by atoms with Crippen molar-refractivity contribution in [3.63, 3.8) is 0 Å². The molecule has 1 rings (SSSR count). The Morgan fingerprint density at radius 1 is 1.62 bits per heavy atom. The third-order valence-corrected chi connectivity index (χ3v) is 1.42. The number of Topliss-reactive ketones (excluding diaryl/α,β-unsaturated/α-hetero) is 1. The van der Waals surface area contributed by atoms with Crippen molar-refractivity contribution in [1.82, 2.24) is 9.78 Å². The summed E-state index contributed by atoms with van der Waals surface area (Å²) in [4.78, 5) is 21.8. The smallest absolute Gasteiger partial charge is 0.267 e. The molecule has 0 fully saturated rings. The molecule has 0 saturated heterocycles. The van der Waals surface area contributed by atoms with Crippen molar-refractivity contribution >= 4 is 5.78 Å². The van der Waals surface area contributed by atoms with Crippen molar-refractivity contribution in [2.75, 3.05) is 7.11 Å². The monoisotopic (exact) mass is 182 g/mol. The second-order valence-electron chi connectivity index (χ2n) is 2.57. The van der Waals surface area contributed by atoms with Crippen LogP contribution in [0.1, 0.15) is 6.92 Å². The van der Waals surface area contributed by atoms with E-state index in [1.165, 1.54) is 26.2 Å². The Bertz CT molecular complexity index is 370. The van der Waals surface area contributed by atoms with Crippen LogP contribution in [0.3, 0.4) is 0 Å². The van der Waals surface area contributed by atoms with Gasteiger partial charge in [0, 0.05) is 12.1 Å². The molecule has 1 heterocycles. The molecular weight excluding hydrogens is 172 g/mol. The van der Waals surface area contributed by atoms with Crippen LogP contribution in [-0.2, 0) is 11.3 Å². The molecule has 0 aromatic carbocycles. The average molecular weight is 182 g/mol. The van der Waals surface area contributed by atoms with Crippen LogP contribution >= 0.6 is 0 Å². The van der Waals surface area contributed by atoms with Gasteiger partial charge in [-0.3, -0.25) is 9.59 Å². The summed E-state index contributed by atoms with van der Waals surface area (Å²) in [5.74, 6) is 0.198. The van der Waals surface area contributed by atoms with Crippen molar-refractivity contribution in [2.24, 2.45) is 0 Å². The molecule has 0 saturated carbocycles. The Kier molecular flexibility index (Phi) is 2.79. The van der Waals surface area contributed by atoms with E-state index in [0.29, 0.717) is 5.88 Å². The number of rotatable bonds is 3. The van der Waals surface area contributed by atoms with Crippen LogP contribution in [0.25, 0.3) is 0 Å². The van der Waals surface area contributed by atoms with Gasteiger partial charge in [0.15, 0.2) is 5.78 Å². The third-order valence-electron chi connectivity index (χ3n) is 1.42. The van der Waals surface area contributed by atoms with Crippen LogP contribution < -0.4 is 10.3 Å². The number of nitrogens with zero attached hydrogens (tertiary/aromatic N) is 2. The minimum Gasteiger partial charge on any atom is -0.480 e. The quantitative estimate of drug-likeness (QED) is 0.651. The van der Waals surface area contributed by atoms with E-state index in [9.17, 15) is 9.59 Å². The molecule has 0 aliphatic heterocycles. The van der Waals surface area contributed by atoms with Crippen LogP contribution in [0.5, 0.6) is 5.88 Å². The van der Waals surface area contributed by atoms with Gasteiger partial charge in [-0.15, -0.1) is 5.10 Å². The topological polar surface area (TPSA) is 61.2 Å². The molecule has 0 atom stereocenters. The van der Waals surface area contributed by atoms with Crippen LogP contribution in [0.15, 0.2) is 16.9 Å². The Labute approximate surface area is 74.9 Å². The summed E-state index contributed by atoms with van der Waals surface area (Å²) < 4.78 is 5.88. The predicted molar refractivity (Wildman–Crippen MR) is 45.7 cm³/mol. The fourth-order valence-electron chi connectivity index (χ4n) is 0.863. The van der Waals surface area contributed by atoms with Gasteiger partial charge in [-0.05, 0) is 6.92 Å². The van der Waals surface area contributed by atoms with E-state index in [1.807, 2.05) is 0 Å². The molecule has 5 nitrogen and oxygen atoms in total. The van der Waals surface area contributed by atoms with Crippen molar-refractivity contribution in [3.05, 3.63) is 22.5 Å². The summed E-state index contributed by atoms with van der Waals surface area (Å²) in [5, 5.41) is 3.79. The van der Waals surface area contributed by atoms with Crippen molar-refractivity contribution < 1.29 is 9.53 Å². The summed E-state index contributed by atoms with van der Waals surface area (Å²) >= 11 is 0. The van der Waals surface area contributed by atoms with Gasteiger partial charge >= 0.3 is 0 Å². The first-order valence-corrected chi connectivity index (χ1v) is 3.75. The van der Waals surface area contributed by atoms with E-state index in [2.05, 4.69) is 5.10 Å². The number of methoxy groups -OCH3 is 1. The Morgan fingerprint density at radius 3 is 2.85 bits per heavy atom. The van der Waals surface area contributed by atoms with Crippen LogP contribution in [0.2, 0.25) is 0 Å². The normalized spacial score (nSPS) is 9.69. The molecule has 0 bridgehead atoms. The van der Waals surface area contributed by atoms with Gasteiger partial charge < -0.3 is 4.74 Å². The highest BCUT2D eigenvalue weighted by Crippen LogP contribution is 1.98. The maximum atomic E-state index is 11.1. The molecule has 0 N–H and O–H groups in total. The van der Waals surface area contributed by atoms with Gasteiger partial charge in [0.2, 0.25) is 5.88 Å². The van der Waals surface area contributed by atoms with E-state index >= 15 is 0 Å². The molecule has 0 amide bonds. The number of ketones is 1. The summed E-state index contributed by atoms with van der Waals surface area (Å²) in [6.07, 6.45) is 0.